The number of nitrogens with one attached hydrogen (secondary N) is 1. The lowest BCUT2D eigenvalue weighted by molar-refractivity contribution is -0.137. The molecule has 1 heterocycles. The summed E-state index contributed by atoms with van der Waals surface area (Å²) in [5.41, 5.74) is 0. The van der Waals surface area contributed by atoms with Gasteiger partial charge in [-0.2, -0.15) is 0 Å². The summed E-state index contributed by atoms with van der Waals surface area (Å²) in [4.78, 5) is 10.3. The summed E-state index contributed by atoms with van der Waals surface area (Å²) in [5, 5.41) is 15.4. The van der Waals surface area contributed by atoms with Gasteiger partial charge in [-0.1, -0.05) is 5.21 Å². The van der Waals surface area contributed by atoms with Gasteiger partial charge >= 0.3 is 5.97 Å². The molecule has 1 aromatic heterocycles. The van der Waals surface area contributed by atoms with E-state index in [0.717, 1.165) is 4.68 Å². The fourth-order valence-electron chi connectivity index (χ4n) is 1.12. The van der Waals surface area contributed by atoms with Crippen LogP contribution in [0.2, 0.25) is 0 Å². The molecule has 0 aliphatic carbocycles. The van der Waals surface area contributed by atoms with Crippen molar-refractivity contribution in [3.63, 3.8) is 0 Å². The molecule has 0 spiro atoms. The molecule has 0 aliphatic rings. The molecule has 0 aromatic carbocycles. The lowest BCUT2D eigenvalue weighted by Crippen LogP contribution is -2.27. The molecule has 0 saturated carbocycles. The Kier molecular flexibility index (Phi) is 4.60. The number of carbonyl (C=O) groups is 1. The van der Waals surface area contributed by atoms with Crippen LogP contribution < -0.4 is 4.72 Å². The number of carboxylic acid groups (broad SMARTS) is 1. The van der Waals surface area contributed by atoms with E-state index in [1.54, 1.807) is 0 Å². The second kappa shape index (κ2) is 5.56. The van der Waals surface area contributed by atoms with Gasteiger partial charge in [-0.25, -0.2) is 17.8 Å². The molecule has 1 rings (SSSR count). The maximum atomic E-state index is 11.8. The van der Waals surface area contributed by atoms with Crippen LogP contribution in [-0.2, 0) is 21.9 Å². The van der Waals surface area contributed by atoms with E-state index < -0.39 is 16.0 Å². The fourth-order valence-corrected chi connectivity index (χ4v) is 3.29. The monoisotopic (exact) mass is 326 g/mol. The summed E-state index contributed by atoms with van der Waals surface area (Å²) in [5.74, 6) is -0.965. The standard InChI is InChI=1S/C7H11BrN4O4S/c1-12-7(6(8)10-11-12)17(15,16)9-4-2-3-5(13)14/h9H,2-4H2,1H3,(H,13,14). The van der Waals surface area contributed by atoms with Gasteiger partial charge in [0.1, 0.15) is 0 Å². The first-order valence-electron chi connectivity index (χ1n) is 4.61. The van der Waals surface area contributed by atoms with Crippen LogP contribution in [0.25, 0.3) is 0 Å². The van der Waals surface area contributed by atoms with Gasteiger partial charge in [0.05, 0.1) is 0 Å². The molecule has 2 N–H and O–H groups in total. The molecule has 0 aliphatic heterocycles. The van der Waals surface area contributed by atoms with Crippen LogP contribution in [0.4, 0.5) is 0 Å². The Balaban J connectivity index is 2.67. The van der Waals surface area contributed by atoms with Gasteiger partial charge < -0.3 is 5.11 Å². The molecule has 8 nitrogen and oxygen atoms in total. The maximum Gasteiger partial charge on any atom is 0.303 e. The predicted octanol–water partition coefficient (Wildman–Crippen LogP) is -0.279. The minimum absolute atomic E-state index is 0.0479. The summed E-state index contributed by atoms with van der Waals surface area (Å²) in [6.07, 6.45) is 0.130. The Labute approximate surface area is 106 Å². The first-order chi connectivity index (χ1) is 7.84. The van der Waals surface area contributed by atoms with Crippen molar-refractivity contribution in [1.29, 1.82) is 0 Å². The lowest BCUT2D eigenvalue weighted by atomic mass is 10.3. The van der Waals surface area contributed by atoms with Crippen molar-refractivity contribution in [2.24, 2.45) is 7.05 Å². The molecule has 1 aromatic rings. The largest absolute Gasteiger partial charge is 0.481 e. The molecule has 0 amide bonds. The summed E-state index contributed by atoms with van der Waals surface area (Å²) in [6.45, 7) is 0.0479. The molecular weight excluding hydrogens is 316 g/mol. The number of rotatable bonds is 6. The maximum absolute atomic E-state index is 11.8. The Hall–Kier alpha value is -1.00. The van der Waals surface area contributed by atoms with Crippen molar-refractivity contribution in [3.8, 4) is 0 Å². The minimum Gasteiger partial charge on any atom is -0.481 e. The van der Waals surface area contributed by atoms with Crippen molar-refractivity contribution in [2.45, 2.75) is 17.9 Å². The average molecular weight is 327 g/mol. The van der Waals surface area contributed by atoms with Crippen LogP contribution in [0, 0.1) is 0 Å². The molecule has 0 radical (unpaired) electrons. The first kappa shape index (κ1) is 14.1. The highest BCUT2D eigenvalue weighted by atomic mass is 79.9. The number of hydrogen-bond donors (Lipinski definition) is 2. The Bertz CT molecular complexity index is 492. The first-order valence-corrected chi connectivity index (χ1v) is 6.89. The number of nitrogens with zero attached hydrogens (tertiary/aromatic N) is 3. The Morgan fingerprint density at radius 2 is 2.24 bits per heavy atom. The molecule has 0 saturated heterocycles. The number of aromatic nitrogens is 3. The van der Waals surface area contributed by atoms with E-state index in [9.17, 15) is 13.2 Å². The topological polar surface area (TPSA) is 114 Å². The average Bonchev–Trinajstić information content (AvgIpc) is 2.53. The summed E-state index contributed by atoms with van der Waals surface area (Å²) in [6, 6.07) is 0. The summed E-state index contributed by atoms with van der Waals surface area (Å²) < 4.78 is 27.1. The molecule has 10 heteroatoms. The van der Waals surface area contributed by atoms with Crippen molar-refractivity contribution >= 4 is 31.9 Å². The van der Waals surface area contributed by atoms with E-state index in [0.29, 0.717) is 0 Å². The van der Waals surface area contributed by atoms with E-state index in [2.05, 4.69) is 31.0 Å². The number of halogens is 1. The number of aryl methyl sites for hydroxylation is 1. The van der Waals surface area contributed by atoms with Crippen LogP contribution in [-0.4, -0.2) is 41.0 Å². The molecule has 17 heavy (non-hydrogen) atoms. The van der Waals surface area contributed by atoms with Gasteiger partial charge in [0, 0.05) is 20.0 Å². The highest BCUT2D eigenvalue weighted by Crippen LogP contribution is 2.17. The summed E-state index contributed by atoms with van der Waals surface area (Å²) >= 11 is 2.98. The van der Waals surface area contributed by atoms with E-state index in [4.69, 9.17) is 5.11 Å². The molecular formula is C7H11BrN4O4S. The zero-order valence-electron chi connectivity index (χ0n) is 8.92. The zero-order chi connectivity index (χ0) is 13.1. The zero-order valence-corrected chi connectivity index (χ0v) is 11.3. The van der Waals surface area contributed by atoms with Crippen molar-refractivity contribution < 1.29 is 18.3 Å². The molecule has 96 valence electrons. The van der Waals surface area contributed by atoms with Crippen LogP contribution in [0.1, 0.15) is 12.8 Å². The van der Waals surface area contributed by atoms with Crippen LogP contribution >= 0.6 is 15.9 Å². The number of carboxylic acids is 1. The van der Waals surface area contributed by atoms with Gasteiger partial charge in [-0.3, -0.25) is 4.79 Å². The van der Waals surface area contributed by atoms with Crippen molar-refractivity contribution in [2.75, 3.05) is 6.54 Å². The predicted molar refractivity (Wildman–Crippen MR) is 60.8 cm³/mol. The third-order valence-corrected chi connectivity index (χ3v) is 4.20. The third kappa shape index (κ3) is 3.75. The smallest absolute Gasteiger partial charge is 0.303 e. The number of hydrogen-bond acceptors (Lipinski definition) is 5. The van der Waals surface area contributed by atoms with Crippen LogP contribution in [0.3, 0.4) is 0 Å². The van der Waals surface area contributed by atoms with Gasteiger partial charge in [-0.15, -0.1) is 5.10 Å². The van der Waals surface area contributed by atoms with Gasteiger partial charge in [-0.05, 0) is 22.4 Å². The third-order valence-electron chi connectivity index (χ3n) is 1.85. The van der Waals surface area contributed by atoms with Gasteiger partial charge in [0.25, 0.3) is 10.0 Å². The number of aliphatic carboxylic acids is 1. The number of sulfonamides is 1. The van der Waals surface area contributed by atoms with Crippen LogP contribution in [0.5, 0.6) is 0 Å². The highest BCUT2D eigenvalue weighted by molar-refractivity contribution is 9.10. The SMILES string of the molecule is Cn1nnc(Br)c1S(=O)(=O)NCCCC(=O)O. The van der Waals surface area contributed by atoms with Gasteiger partial charge in [0.2, 0.25) is 5.03 Å². The van der Waals surface area contributed by atoms with E-state index in [1.165, 1.54) is 7.05 Å². The molecule has 0 bridgehead atoms. The molecule has 0 atom stereocenters. The molecule has 0 unspecified atom stereocenters. The van der Waals surface area contributed by atoms with Gasteiger partial charge in [0.15, 0.2) is 4.60 Å². The van der Waals surface area contributed by atoms with E-state index in [-0.39, 0.29) is 29.0 Å². The lowest BCUT2D eigenvalue weighted by Gasteiger charge is -2.05. The highest BCUT2D eigenvalue weighted by Gasteiger charge is 2.23. The minimum atomic E-state index is -3.73. The molecule has 0 fully saturated rings. The van der Waals surface area contributed by atoms with E-state index in [1.807, 2.05) is 0 Å². The van der Waals surface area contributed by atoms with Crippen LogP contribution in [0.15, 0.2) is 9.63 Å². The van der Waals surface area contributed by atoms with Crippen molar-refractivity contribution in [3.05, 3.63) is 4.60 Å². The quantitative estimate of drug-likeness (QED) is 0.695. The fraction of sp³-hybridized carbons (Fsp3) is 0.571. The second-order valence-electron chi connectivity index (χ2n) is 3.20. The second-order valence-corrected chi connectivity index (χ2v) is 5.64. The van der Waals surface area contributed by atoms with Crippen molar-refractivity contribution in [1.82, 2.24) is 19.7 Å². The summed E-state index contributed by atoms with van der Waals surface area (Å²) in [7, 11) is -2.28. The Morgan fingerprint density at radius 3 is 2.71 bits per heavy atom. The normalized spacial score (nSPS) is 11.6. The van der Waals surface area contributed by atoms with E-state index >= 15 is 0 Å². The Morgan fingerprint density at radius 1 is 1.59 bits per heavy atom.